The van der Waals surface area contributed by atoms with Gasteiger partial charge in [0.2, 0.25) is 0 Å². The van der Waals surface area contributed by atoms with Crippen LogP contribution < -0.4 is 11.1 Å². The van der Waals surface area contributed by atoms with Crippen LogP contribution in [0.4, 0.5) is 5.69 Å². The lowest BCUT2D eigenvalue weighted by Crippen LogP contribution is -2.40. The molecule has 0 radical (unpaired) electrons. The number of carbonyl (C=O) groups is 1. The largest absolute Gasteiger partial charge is 0.395 e. The Morgan fingerprint density at radius 3 is 2.84 bits per heavy atom. The zero-order valence-electron chi connectivity index (χ0n) is 11.8. The van der Waals surface area contributed by atoms with E-state index >= 15 is 0 Å². The molecule has 2 unspecified atom stereocenters. The average Bonchev–Trinajstić information content (AvgIpc) is 2.63. The molecule has 6 heteroatoms. The van der Waals surface area contributed by atoms with Crippen LogP contribution in [0, 0.1) is 6.92 Å². The molecule has 5 nitrogen and oxygen atoms in total. The molecular formula is C13H22N4OS. The van der Waals surface area contributed by atoms with Gasteiger partial charge in [0.15, 0.2) is 0 Å². The minimum atomic E-state index is -0.104. The molecule has 0 spiro atoms. The normalized spacial score (nSPS) is 23.3. The zero-order valence-corrected chi connectivity index (χ0v) is 12.6. The first-order chi connectivity index (χ1) is 9.02. The van der Waals surface area contributed by atoms with Gasteiger partial charge in [0, 0.05) is 18.3 Å². The highest BCUT2D eigenvalue weighted by Gasteiger charge is 2.25. The highest BCUT2D eigenvalue weighted by molar-refractivity contribution is 7.99. The lowest BCUT2D eigenvalue weighted by molar-refractivity contribution is 0.0920. The van der Waals surface area contributed by atoms with Crippen LogP contribution in [-0.4, -0.2) is 33.2 Å². The summed E-state index contributed by atoms with van der Waals surface area (Å²) in [6.07, 6.45) is 6.66. The summed E-state index contributed by atoms with van der Waals surface area (Å²) in [5.74, 6) is -0.104. The molecule has 1 aromatic heterocycles. The van der Waals surface area contributed by atoms with Gasteiger partial charge in [-0.05, 0) is 32.4 Å². The molecule has 3 N–H and O–H groups in total. The average molecular weight is 282 g/mol. The Hall–Kier alpha value is -1.17. The van der Waals surface area contributed by atoms with E-state index in [1.807, 2.05) is 18.7 Å². The number of nitrogen functional groups attached to an aromatic ring is 1. The molecule has 0 aromatic carbocycles. The lowest BCUT2D eigenvalue weighted by Gasteiger charge is -2.28. The molecule has 1 amide bonds. The molecule has 2 atom stereocenters. The number of nitrogens with one attached hydrogen (secondary N) is 1. The first-order valence-electron chi connectivity index (χ1n) is 6.65. The number of hydrogen-bond acceptors (Lipinski definition) is 4. The van der Waals surface area contributed by atoms with Crippen molar-refractivity contribution in [1.29, 1.82) is 0 Å². The van der Waals surface area contributed by atoms with Crippen LogP contribution in [0.2, 0.25) is 0 Å². The molecule has 1 aliphatic rings. The monoisotopic (exact) mass is 282 g/mol. The molecule has 1 aromatic rings. The minimum Gasteiger partial charge on any atom is -0.395 e. The van der Waals surface area contributed by atoms with Crippen molar-refractivity contribution in [2.45, 2.75) is 43.9 Å². The van der Waals surface area contributed by atoms with Gasteiger partial charge in [-0.15, -0.1) is 0 Å². The Balaban J connectivity index is 2.04. The minimum absolute atomic E-state index is 0.104. The zero-order chi connectivity index (χ0) is 14.0. The number of thioether (sulfide) groups is 1. The highest BCUT2D eigenvalue weighted by atomic mass is 32.2. The van der Waals surface area contributed by atoms with Gasteiger partial charge in [-0.25, -0.2) is 0 Å². The van der Waals surface area contributed by atoms with Crippen molar-refractivity contribution >= 4 is 23.4 Å². The number of hydrogen-bond donors (Lipinski definition) is 2. The van der Waals surface area contributed by atoms with Crippen LogP contribution in [0.25, 0.3) is 0 Å². The second kappa shape index (κ2) is 5.86. The molecule has 1 saturated carbocycles. The van der Waals surface area contributed by atoms with E-state index in [0.717, 1.165) is 12.8 Å². The number of anilines is 1. The Kier molecular flexibility index (Phi) is 4.39. The third kappa shape index (κ3) is 3.05. The maximum absolute atomic E-state index is 12.3. The summed E-state index contributed by atoms with van der Waals surface area (Å²) in [5.41, 5.74) is 7.58. The topological polar surface area (TPSA) is 72.9 Å². The second-order valence-electron chi connectivity index (χ2n) is 5.17. The summed E-state index contributed by atoms with van der Waals surface area (Å²) >= 11 is 1.89. The van der Waals surface area contributed by atoms with Crippen molar-refractivity contribution < 1.29 is 4.79 Å². The van der Waals surface area contributed by atoms with Gasteiger partial charge in [-0.2, -0.15) is 16.9 Å². The first kappa shape index (κ1) is 14.2. The third-order valence-electron chi connectivity index (χ3n) is 3.78. The van der Waals surface area contributed by atoms with Gasteiger partial charge in [0.1, 0.15) is 5.69 Å². The molecule has 1 aliphatic carbocycles. The molecule has 2 rings (SSSR count). The van der Waals surface area contributed by atoms with E-state index < -0.39 is 0 Å². The number of carbonyl (C=O) groups excluding carboxylic acids is 1. The summed E-state index contributed by atoms with van der Waals surface area (Å²) in [4.78, 5) is 12.3. The van der Waals surface area contributed by atoms with Gasteiger partial charge in [-0.1, -0.05) is 6.42 Å². The molecule has 0 saturated heterocycles. The van der Waals surface area contributed by atoms with E-state index in [4.69, 9.17) is 5.73 Å². The molecule has 19 heavy (non-hydrogen) atoms. The van der Waals surface area contributed by atoms with Crippen LogP contribution >= 0.6 is 11.8 Å². The van der Waals surface area contributed by atoms with Crippen molar-refractivity contribution in [2.75, 3.05) is 12.0 Å². The SMILES string of the molecule is CSC1CCCC(NC(=O)c2c(N)c(C)nn2C)C1. The lowest BCUT2D eigenvalue weighted by atomic mass is 9.95. The first-order valence-corrected chi connectivity index (χ1v) is 7.94. The molecular weight excluding hydrogens is 260 g/mol. The van der Waals surface area contributed by atoms with Crippen molar-refractivity contribution in [1.82, 2.24) is 15.1 Å². The van der Waals surface area contributed by atoms with Crippen LogP contribution in [0.15, 0.2) is 0 Å². The highest BCUT2D eigenvalue weighted by Crippen LogP contribution is 2.27. The number of aryl methyl sites for hydroxylation is 2. The molecule has 0 bridgehead atoms. The number of rotatable bonds is 3. The number of aromatic nitrogens is 2. The molecule has 0 aliphatic heterocycles. The standard InChI is InChI=1S/C13H22N4OS/c1-8-11(14)12(17(2)16-8)13(18)15-9-5-4-6-10(7-9)19-3/h9-10H,4-7,14H2,1-3H3,(H,15,18). The van der Waals surface area contributed by atoms with Crippen LogP contribution in [0.3, 0.4) is 0 Å². The van der Waals surface area contributed by atoms with Crippen molar-refractivity contribution in [2.24, 2.45) is 7.05 Å². The fraction of sp³-hybridized carbons (Fsp3) is 0.692. The predicted octanol–water partition coefficient (Wildman–Crippen LogP) is 1.71. The van der Waals surface area contributed by atoms with Gasteiger partial charge in [0.25, 0.3) is 5.91 Å². The molecule has 1 fully saturated rings. The fourth-order valence-corrected chi connectivity index (χ4v) is 3.51. The predicted molar refractivity (Wildman–Crippen MR) is 79.4 cm³/mol. The summed E-state index contributed by atoms with van der Waals surface area (Å²) in [6.45, 7) is 1.82. The van der Waals surface area contributed by atoms with Crippen LogP contribution in [0.5, 0.6) is 0 Å². The van der Waals surface area contributed by atoms with Gasteiger partial charge < -0.3 is 11.1 Å². The maximum Gasteiger partial charge on any atom is 0.271 e. The van der Waals surface area contributed by atoms with E-state index in [1.165, 1.54) is 12.8 Å². The summed E-state index contributed by atoms with van der Waals surface area (Å²) in [7, 11) is 1.75. The van der Waals surface area contributed by atoms with Crippen molar-refractivity contribution in [3.63, 3.8) is 0 Å². The Bertz CT molecular complexity index is 471. The van der Waals surface area contributed by atoms with E-state index in [-0.39, 0.29) is 11.9 Å². The van der Waals surface area contributed by atoms with Crippen molar-refractivity contribution in [3.05, 3.63) is 11.4 Å². The Labute approximate surface area is 118 Å². The summed E-state index contributed by atoms with van der Waals surface area (Å²) in [6, 6.07) is 0.258. The van der Waals surface area contributed by atoms with Gasteiger partial charge in [0.05, 0.1) is 11.4 Å². The van der Waals surface area contributed by atoms with E-state index in [1.54, 1.807) is 11.7 Å². The second-order valence-corrected chi connectivity index (χ2v) is 6.30. The summed E-state index contributed by atoms with van der Waals surface area (Å²) < 4.78 is 1.56. The third-order valence-corrected chi connectivity index (χ3v) is 4.87. The number of nitrogens with two attached hydrogens (primary N) is 1. The van der Waals surface area contributed by atoms with Gasteiger partial charge >= 0.3 is 0 Å². The van der Waals surface area contributed by atoms with E-state index in [2.05, 4.69) is 16.7 Å². The molecule has 1 heterocycles. The van der Waals surface area contributed by atoms with Crippen LogP contribution in [-0.2, 0) is 7.05 Å². The number of nitrogens with zero attached hydrogens (tertiary/aromatic N) is 2. The summed E-state index contributed by atoms with van der Waals surface area (Å²) in [5, 5.41) is 7.94. The molecule has 106 valence electrons. The number of amides is 1. The maximum atomic E-state index is 12.3. The fourth-order valence-electron chi connectivity index (χ4n) is 2.69. The smallest absolute Gasteiger partial charge is 0.271 e. The van der Waals surface area contributed by atoms with Crippen molar-refractivity contribution in [3.8, 4) is 0 Å². The van der Waals surface area contributed by atoms with E-state index in [9.17, 15) is 4.79 Å². The Morgan fingerprint density at radius 2 is 2.26 bits per heavy atom. The van der Waals surface area contributed by atoms with Crippen LogP contribution in [0.1, 0.15) is 41.9 Å². The Morgan fingerprint density at radius 1 is 1.53 bits per heavy atom. The van der Waals surface area contributed by atoms with Gasteiger partial charge in [-0.3, -0.25) is 9.48 Å². The quantitative estimate of drug-likeness (QED) is 0.885. The van der Waals surface area contributed by atoms with E-state index in [0.29, 0.717) is 22.3 Å².